The predicted octanol–water partition coefficient (Wildman–Crippen LogP) is 1.60. The Morgan fingerprint density at radius 1 is 1.33 bits per heavy atom. The van der Waals surface area contributed by atoms with Crippen LogP contribution in [-0.2, 0) is 13.6 Å². The zero-order chi connectivity index (χ0) is 9.45. The van der Waals surface area contributed by atoms with Crippen LogP contribution in [-0.4, -0.2) is 25.9 Å². The minimum Gasteiger partial charge on any atom is -0.330 e. The van der Waals surface area contributed by atoms with Crippen molar-refractivity contribution in [3.05, 3.63) is 0 Å². The third kappa shape index (κ3) is 4.88. The predicted molar refractivity (Wildman–Crippen MR) is 49.4 cm³/mol. The molecule has 0 saturated heterocycles. The van der Waals surface area contributed by atoms with E-state index in [-0.39, 0.29) is 0 Å². The summed E-state index contributed by atoms with van der Waals surface area (Å²) in [7, 11) is -2.79. The highest BCUT2D eigenvalue weighted by molar-refractivity contribution is 7.53. The highest BCUT2D eigenvalue weighted by atomic mass is 31.2. The maximum Gasteiger partial charge on any atom is 0.330 e. The lowest BCUT2D eigenvalue weighted by atomic mass is 10.5. The molecule has 4 nitrogen and oxygen atoms in total. The molecule has 1 atom stereocenters. The van der Waals surface area contributed by atoms with E-state index in [2.05, 4.69) is 0 Å². The van der Waals surface area contributed by atoms with E-state index < -0.39 is 7.60 Å². The zero-order valence-electron chi connectivity index (χ0n) is 7.78. The summed E-state index contributed by atoms with van der Waals surface area (Å²) < 4.78 is 21.7. The molecule has 0 aromatic carbocycles. The van der Waals surface area contributed by atoms with E-state index in [1.54, 1.807) is 13.8 Å². The Bertz CT molecular complexity index is 152. The smallest absolute Gasteiger partial charge is 0.330 e. The third-order valence-corrected chi connectivity index (χ3v) is 3.35. The summed E-state index contributed by atoms with van der Waals surface area (Å²) in [6, 6.07) is 0. The van der Waals surface area contributed by atoms with Gasteiger partial charge in [-0.1, -0.05) is 6.92 Å². The van der Waals surface area contributed by atoms with Crippen LogP contribution in [0.4, 0.5) is 0 Å². The highest BCUT2D eigenvalue weighted by Crippen LogP contribution is 2.47. The van der Waals surface area contributed by atoms with E-state index in [1.165, 1.54) is 0 Å². The van der Waals surface area contributed by atoms with Crippen molar-refractivity contribution in [2.24, 2.45) is 5.73 Å². The Hall–Kier alpha value is 0.110. The van der Waals surface area contributed by atoms with Gasteiger partial charge in [0.2, 0.25) is 0 Å². The van der Waals surface area contributed by atoms with Gasteiger partial charge in [0.15, 0.2) is 0 Å². The van der Waals surface area contributed by atoms with Crippen LogP contribution < -0.4 is 5.73 Å². The Balaban J connectivity index is 3.72. The van der Waals surface area contributed by atoms with Gasteiger partial charge >= 0.3 is 7.60 Å². The fraction of sp³-hybridized carbons (Fsp3) is 1.00. The van der Waals surface area contributed by atoms with Gasteiger partial charge in [0.25, 0.3) is 0 Å². The number of rotatable bonds is 7. The molecular weight excluding hydrogens is 177 g/mol. The van der Waals surface area contributed by atoms with E-state index in [0.29, 0.717) is 25.9 Å². The van der Waals surface area contributed by atoms with Crippen molar-refractivity contribution in [2.75, 3.05) is 25.9 Å². The molecule has 0 radical (unpaired) electrons. The minimum absolute atomic E-state index is 0.418. The van der Waals surface area contributed by atoms with E-state index in [4.69, 9.17) is 14.8 Å². The van der Waals surface area contributed by atoms with Crippen molar-refractivity contribution in [3.8, 4) is 0 Å². The monoisotopic (exact) mass is 195 g/mol. The van der Waals surface area contributed by atoms with E-state index >= 15 is 0 Å². The van der Waals surface area contributed by atoms with Crippen LogP contribution in [0.2, 0.25) is 0 Å². The molecule has 0 amide bonds. The zero-order valence-corrected chi connectivity index (χ0v) is 8.68. The van der Waals surface area contributed by atoms with Gasteiger partial charge in [0.05, 0.1) is 13.2 Å². The molecule has 0 aliphatic rings. The first-order chi connectivity index (χ1) is 5.68. The Kier molecular flexibility index (Phi) is 6.67. The van der Waals surface area contributed by atoms with Gasteiger partial charge < -0.3 is 14.8 Å². The molecular formula is C7H18NO3P. The minimum atomic E-state index is -2.79. The maximum atomic E-state index is 11.6. The van der Waals surface area contributed by atoms with Crippen LogP contribution >= 0.6 is 7.60 Å². The lowest BCUT2D eigenvalue weighted by Crippen LogP contribution is -2.05. The van der Waals surface area contributed by atoms with Gasteiger partial charge in [-0.3, -0.25) is 4.57 Å². The third-order valence-electron chi connectivity index (χ3n) is 1.35. The van der Waals surface area contributed by atoms with Crippen LogP contribution in [0.15, 0.2) is 0 Å². The van der Waals surface area contributed by atoms with Crippen molar-refractivity contribution in [2.45, 2.75) is 20.3 Å². The van der Waals surface area contributed by atoms with Crippen molar-refractivity contribution < 1.29 is 13.6 Å². The molecule has 0 aromatic heterocycles. The molecule has 5 heteroatoms. The molecule has 0 aliphatic heterocycles. The van der Waals surface area contributed by atoms with Gasteiger partial charge in [-0.25, -0.2) is 0 Å². The molecule has 0 spiro atoms. The van der Waals surface area contributed by atoms with E-state index in [9.17, 15) is 4.57 Å². The second-order valence-corrected chi connectivity index (χ2v) is 4.69. The summed E-state index contributed by atoms with van der Waals surface area (Å²) in [5.74, 6) is 0. The van der Waals surface area contributed by atoms with Crippen LogP contribution in [0, 0.1) is 0 Å². The fourth-order valence-corrected chi connectivity index (χ4v) is 1.94. The van der Waals surface area contributed by atoms with Crippen LogP contribution in [0.1, 0.15) is 20.3 Å². The van der Waals surface area contributed by atoms with Gasteiger partial charge in [-0.2, -0.15) is 0 Å². The van der Waals surface area contributed by atoms with Crippen molar-refractivity contribution in [1.29, 1.82) is 0 Å². The van der Waals surface area contributed by atoms with Crippen molar-refractivity contribution >= 4 is 7.60 Å². The molecule has 0 fully saturated rings. The lowest BCUT2D eigenvalue weighted by molar-refractivity contribution is 0.212. The summed E-state index contributed by atoms with van der Waals surface area (Å²) in [6.07, 6.45) is 1.14. The summed E-state index contributed by atoms with van der Waals surface area (Å²) in [5, 5.41) is 0. The fourth-order valence-electron chi connectivity index (χ4n) is 0.704. The van der Waals surface area contributed by atoms with Gasteiger partial charge in [0.1, 0.15) is 0 Å². The largest absolute Gasteiger partial charge is 0.330 e. The summed E-state index contributed by atoms with van der Waals surface area (Å²) >= 11 is 0. The quantitative estimate of drug-likeness (QED) is 0.495. The Labute approximate surface area is 74.0 Å². The first kappa shape index (κ1) is 12.1. The maximum absolute atomic E-state index is 11.6. The van der Waals surface area contributed by atoms with Crippen molar-refractivity contribution in [3.63, 3.8) is 0 Å². The Morgan fingerprint density at radius 2 is 2.00 bits per heavy atom. The lowest BCUT2D eigenvalue weighted by Gasteiger charge is -2.15. The van der Waals surface area contributed by atoms with Gasteiger partial charge in [-0.05, 0) is 19.9 Å². The molecule has 0 bridgehead atoms. The van der Waals surface area contributed by atoms with E-state index in [0.717, 1.165) is 6.42 Å². The first-order valence-electron chi connectivity index (χ1n) is 4.26. The molecule has 0 rings (SSSR count). The number of hydrogen-bond donors (Lipinski definition) is 1. The molecule has 0 aliphatic carbocycles. The molecule has 2 N–H and O–H groups in total. The molecule has 1 unspecified atom stereocenters. The average molecular weight is 195 g/mol. The van der Waals surface area contributed by atoms with Gasteiger partial charge in [-0.15, -0.1) is 0 Å². The topological polar surface area (TPSA) is 61.5 Å². The SMILES string of the molecule is CCOP(=O)(CC)OCCCN. The standard InChI is InChI=1S/C7H18NO3P/c1-3-10-12(9,4-2)11-7-5-6-8/h3-8H2,1-2H3. The van der Waals surface area contributed by atoms with Crippen LogP contribution in [0.3, 0.4) is 0 Å². The highest BCUT2D eigenvalue weighted by Gasteiger charge is 2.20. The van der Waals surface area contributed by atoms with Crippen molar-refractivity contribution in [1.82, 2.24) is 0 Å². The molecule has 0 saturated carbocycles. The second-order valence-electron chi connectivity index (χ2n) is 2.32. The van der Waals surface area contributed by atoms with Crippen LogP contribution in [0.25, 0.3) is 0 Å². The number of nitrogens with two attached hydrogens (primary N) is 1. The normalized spacial score (nSPS) is 15.9. The van der Waals surface area contributed by atoms with Gasteiger partial charge in [0, 0.05) is 6.16 Å². The molecule has 0 aromatic rings. The molecule has 12 heavy (non-hydrogen) atoms. The second kappa shape index (κ2) is 6.61. The average Bonchev–Trinajstić information content (AvgIpc) is 2.06. The Morgan fingerprint density at radius 3 is 2.42 bits per heavy atom. The van der Waals surface area contributed by atoms with E-state index in [1.807, 2.05) is 0 Å². The summed E-state index contributed by atoms with van der Waals surface area (Å²) in [5.41, 5.74) is 5.26. The molecule has 74 valence electrons. The summed E-state index contributed by atoms with van der Waals surface area (Å²) in [6.45, 7) is 4.98. The first-order valence-corrected chi connectivity index (χ1v) is 5.99. The molecule has 0 heterocycles. The van der Waals surface area contributed by atoms with Crippen LogP contribution in [0.5, 0.6) is 0 Å². The number of hydrogen-bond acceptors (Lipinski definition) is 4. The summed E-state index contributed by atoms with van der Waals surface area (Å²) in [4.78, 5) is 0.